The van der Waals surface area contributed by atoms with Crippen LogP contribution in [0, 0.1) is 0 Å². The maximum Gasteiger partial charge on any atom is 0.221 e. The Hall–Kier alpha value is -0.430. The van der Waals surface area contributed by atoms with E-state index < -0.39 is 6.10 Å². The number of carbonyl (C=O) groups excluding carboxylic acids is 1. The summed E-state index contributed by atoms with van der Waals surface area (Å²) in [6.45, 7) is 1.50. The average molecular weight is 352 g/mol. The summed E-state index contributed by atoms with van der Waals surface area (Å²) in [5.74, 6) is -0.200. The molecule has 0 aliphatic rings. The summed E-state index contributed by atoms with van der Waals surface area (Å²) in [6.07, 6.45) is -0.810. The number of anilines is 1. The van der Waals surface area contributed by atoms with Crippen LogP contribution in [0.15, 0.2) is 21.1 Å². The number of benzene rings is 1. The lowest BCUT2D eigenvalue weighted by atomic mass is 10.1. The van der Waals surface area contributed by atoms with Crippen LogP contribution < -0.4 is 11.1 Å². The Balaban J connectivity index is 3.26. The van der Waals surface area contributed by atoms with Gasteiger partial charge >= 0.3 is 0 Å². The van der Waals surface area contributed by atoms with Gasteiger partial charge < -0.3 is 16.2 Å². The molecule has 1 aromatic carbocycles. The molecule has 0 aromatic heterocycles. The van der Waals surface area contributed by atoms with E-state index in [2.05, 4.69) is 37.2 Å². The lowest BCUT2D eigenvalue weighted by molar-refractivity contribution is -0.114. The lowest BCUT2D eigenvalue weighted by Gasteiger charge is -2.16. The molecule has 4 nitrogen and oxygen atoms in total. The van der Waals surface area contributed by atoms with Gasteiger partial charge in [0.05, 0.1) is 11.8 Å². The van der Waals surface area contributed by atoms with Crippen LogP contribution in [0.25, 0.3) is 0 Å². The van der Waals surface area contributed by atoms with Crippen LogP contribution in [0.4, 0.5) is 5.69 Å². The van der Waals surface area contributed by atoms with E-state index in [1.165, 1.54) is 6.92 Å². The second-order valence-electron chi connectivity index (χ2n) is 3.28. The van der Waals surface area contributed by atoms with Crippen LogP contribution in [0.1, 0.15) is 18.6 Å². The number of amides is 1. The van der Waals surface area contributed by atoms with E-state index >= 15 is 0 Å². The van der Waals surface area contributed by atoms with Crippen molar-refractivity contribution >= 4 is 43.5 Å². The summed E-state index contributed by atoms with van der Waals surface area (Å²) < 4.78 is 1.50. The van der Waals surface area contributed by atoms with E-state index in [1.807, 2.05) is 0 Å². The van der Waals surface area contributed by atoms with Gasteiger partial charge in [0.15, 0.2) is 0 Å². The van der Waals surface area contributed by atoms with E-state index in [9.17, 15) is 9.90 Å². The minimum absolute atomic E-state index is 0.0927. The van der Waals surface area contributed by atoms with Crippen molar-refractivity contribution in [2.45, 2.75) is 13.0 Å². The normalized spacial score (nSPS) is 12.3. The quantitative estimate of drug-likeness (QED) is 0.781. The molecule has 0 heterocycles. The fraction of sp³-hybridized carbons (Fsp3) is 0.300. The van der Waals surface area contributed by atoms with Gasteiger partial charge in [-0.05, 0) is 28.1 Å². The maximum atomic E-state index is 11.1. The first kappa shape index (κ1) is 13.6. The van der Waals surface area contributed by atoms with E-state index in [1.54, 1.807) is 12.1 Å². The number of hydrogen-bond acceptors (Lipinski definition) is 3. The van der Waals surface area contributed by atoms with Crippen LogP contribution in [0.2, 0.25) is 0 Å². The Kier molecular flexibility index (Phi) is 4.91. The standard InChI is InChI=1S/C10H12Br2N2O2/c1-5(15)14-10-7(9(16)4-13)2-6(11)3-8(10)12/h2-3,9,16H,4,13H2,1H3,(H,14,15). The molecule has 16 heavy (non-hydrogen) atoms. The van der Waals surface area contributed by atoms with Gasteiger partial charge in [-0.3, -0.25) is 4.79 Å². The highest BCUT2D eigenvalue weighted by Gasteiger charge is 2.15. The van der Waals surface area contributed by atoms with Crippen molar-refractivity contribution < 1.29 is 9.90 Å². The number of nitrogens with two attached hydrogens (primary N) is 1. The number of aliphatic hydroxyl groups excluding tert-OH is 1. The minimum atomic E-state index is -0.810. The Morgan fingerprint density at radius 3 is 2.69 bits per heavy atom. The molecule has 6 heteroatoms. The smallest absolute Gasteiger partial charge is 0.221 e. The molecule has 0 fully saturated rings. The zero-order valence-electron chi connectivity index (χ0n) is 8.63. The molecule has 1 aromatic rings. The van der Waals surface area contributed by atoms with Crippen molar-refractivity contribution in [2.24, 2.45) is 5.73 Å². The van der Waals surface area contributed by atoms with E-state index in [0.29, 0.717) is 15.7 Å². The fourth-order valence-electron chi connectivity index (χ4n) is 1.29. The first-order chi connectivity index (χ1) is 7.45. The maximum absolute atomic E-state index is 11.1. The number of carbonyl (C=O) groups is 1. The van der Waals surface area contributed by atoms with Gasteiger partial charge in [0.25, 0.3) is 0 Å². The highest BCUT2D eigenvalue weighted by atomic mass is 79.9. The zero-order chi connectivity index (χ0) is 12.3. The predicted molar refractivity (Wildman–Crippen MR) is 70.2 cm³/mol. The number of aliphatic hydroxyl groups is 1. The molecule has 0 bridgehead atoms. The summed E-state index contributed by atoms with van der Waals surface area (Å²) in [5.41, 5.74) is 6.54. The van der Waals surface area contributed by atoms with Crippen LogP contribution in [0.3, 0.4) is 0 Å². The van der Waals surface area contributed by atoms with Gasteiger partial charge in [0.1, 0.15) is 0 Å². The van der Waals surface area contributed by atoms with Crippen LogP contribution in [-0.4, -0.2) is 17.6 Å². The van der Waals surface area contributed by atoms with Gasteiger partial charge in [-0.2, -0.15) is 0 Å². The van der Waals surface area contributed by atoms with E-state index in [0.717, 1.165) is 4.47 Å². The molecule has 0 spiro atoms. The highest BCUT2D eigenvalue weighted by molar-refractivity contribution is 9.11. The second kappa shape index (κ2) is 5.77. The number of nitrogens with one attached hydrogen (secondary N) is 1. The predicted octanol–water partition coefficient (Wildman–Crippen LogP) is 2.16. The molecule has 0 aliphatic heterocycles. The molecule has 0 aliphatic carbocycles. The van der Waals surface area contributed by atoms with Crippen LogP contribution >= 0.6 is 31.9 Å². The molecule has 88 valence electrons. The minimum Gasteiger partial charge on any atom is -0.387 e. The SMILES string of the molecule is CC(=O)Nc1c(Br)cc(Br)cc1C(O)CN. The summed E-state index contributed by atoms with van der Waals surface area (Å²) in [7, 11) is 0. The van der Waals surface area contributed by atoms with E-state index in [4.69, 9.17) is 5.73 Å². The van der Waals surface area contributed by atoms with Crippen molar-refractivity contribution in [1.82, 2.24) is 0 Å². The molecule has 0 saturated carbocycles. The lowest BCUT2D eigenvalue weighted by Crippen LogP contribution is -2.16. The topological polar surface area (TPSA) is 75.3 Å². The summed E-state index contributed by atoms with van der Waals surface area (Å²) >= 11 is 6.64. The third-order valence-electron chi connectivity index (χ3n) is 1.97. The molecule has 0 saturated heterocycles. The third kappa shape index (κ3) is 3.28. The molecule has 1 atom stereocenters. The van der Waals surface area contributed by atoms with Crippen LogP contribution in [-0.2, 0) is 4.79 Å². The Morgan fingerprint density at radius 1 is 1.56 bits per heavy atom. The molecule has 1 unspecified atom stereocenters. The van der Waals surface area contributed by atoms with Crippen molar-refractivity contribution in [3.8, 4) is 0 Å². The van der Waals surface area contributed by atoms with Gasteiger partial charge in [-0.1, -0.05) is 15.9 Å². The Labute approximate surface area is 110 Å². The van der Waals surface area contributed by atoms with Crippen LogP contribution in [0.5, 0.6) is 0 Å². The van der Waals surface area contributed by atoms with Crippen molar-refractivity contribution in [3.05, 3.63) is 26.6 Å². The van der Waals surface area contributed by atoms with E-state index in [-0.39, 0.29) is 12.5 Å². The Bertz CT molecular complexity index is 410. The van der Waals surface area contributed by atoms with Gasteiger partial charge in [0.2, 0.25) is 5.91 Å². The molecule has 0 radical (unpaired) electrons. The third-order valence-corrected chi connectivity index (χ3v) is 3.05. The average Bonchev–Trinajstić information content (AvgIpc) is 2.20. The van der Waals surface area contributed by atoms with Crippen molar-refractivity contribution in [3.63, 3.8) is 0 Å². The molecule has 1 amide bonds. The van der Waals surface area contributed by atoms with Gasteiger partial charge in [-0.25, -0.2) is 0 Å². The first-order valence-electron chi connectivity index (χ1n) is 4.60. The summed E-state index contributed by atoms with van der Waals surface area (Å²) in [5, 5.41) is 12.4. The number of hydrogen-bond donors (Lipinski definition) is 3. The number of halogens is 2. The summed E-state index contributed by atoms with van der Waals surface area (Å²) in [4.78, 5) is 11.1. The molecule has 1 rings (SSSR count). The first-order valence-corrected chi connectivity index (χ1v) is 6.19. The van der Waals surface area contributed by atoms with Crippen molar-refractivity contribution in [2.75, 3.05) is 11.9 Å². The molecular formula is C10H12Br2N2O2. The largest absolute Gasteiger partial charge is 0.387 e. The second-order valence-corrected chi connectivity index (χ2v) is 5.05. The van der Waals surface area contributed by atoms with Gasteiger partial charge in [-0.15, -0.1) is 0 Å². The monoisotopic (exact) mass is 350 g/mol. The zero-order valence-corrected chi connectivity index (χ0v) is 11.8. The van der Waals surface area contributed by atoms with Crippen molar-refractivity contribution in [1.29, 1.82) is 0 Å². The number of rotatable bonds is 3. The molecule has 4 N–H and O–H groups in total. The fourth-order valence-corrected chi connectivity index (χ4v) is 2.65. The van der Waals surface area contributed by atoms with Gasteiger partial charge in [0, 0.05) is 28.0 Å². The molecular weight excluding hydrogens is 340 g/mol. The highest BCUT2D eigenvalue weighted by Crippen LogP contribution is 2.34. The Morgan fingerprint density at radius 2 is 2.19 bits per heavy atom. The summed E-state index contributed by atoms with van der Waals surface area (Å²) in [6, 6.07) is 3.52.